The second-order valence-electron chi connectivity index (χ2n) is 2.65. The van der Waals surface area contributed by atoms with Gasteiger partial charge in [-0.3, -0.25) is 0 Å². The zero-order valence-corrected chi connectivity index (χ0v) is 8.01. The Morgan fingerprint density at radius 1 is 1.67 bits per heavy atom. The van der Waals surface area contributed by atoms with Crippen molar-refractivity contribution in [2.45, 2.75) is 19.4 Å². The molecule has 1 aromatic rings. The van der Waals surface area contributed by atoms with Gasteiger partial charge < -0.3 is 9.52 Å². The number of thioether (sulfide) groups is 1. The van der Waals surface area contributed by atoms with Crippen molar-refractivity contribution in [2.75, 3.05) is 11.5 Å². The Balaban J connectivity index is 2.25. The van der Waals surface area contributed by atoms with Crippen LogP contribution in [0.1, 0.15) is 25.0 Å². The summed E-state index contributed by atoms with van der Waals surface area (Å²) in [6, 6.07) is 1.80. The summed E-state index contributed by atoms with van der Waals surface area (Å²) in [6.45, 7) is 2.14. The maximum Gasteiger partial charge on any atom is 0.0960 e. The largest absolute Gasteiger partial charge is 0.472 e. The van der Waals surface area contributed by atoms with Crippen molar-refractivity contribution in [3.63, 3.8) is 0 Å². The number of aliphatic hydroxyl groups is 1. The molecule has 0 spiro atoms. The molecule has 1 atom stereocenters. The van der Waals surface area contributed by atoms with Crippen LogP contribution in [-0.2, 0) is 0 Å². The molecule has 0 saturated heterocycles. The molecule has 0 radical (unpaired) electrons. The highest BCUT2D eigenvalue weighted by Gasteiger charge is 2.07. The molecule has 68 valence electrons. The van der Waals surface area contributed by atoms with Crippen LogP contribution in [-0.4, -0.2) is 16.6 Å². The molecule has 3 heteroatoms. The molecule has 0 fully saturated rings. The summed E-state index contributed by atoms with van der Waals surface area (Å²) in [5.74, 6) is 1.86. The topological polar surface area (TPSA) is 33.4 Å². The Labute approximate surface area is 77.0 Å². The maximum atomic E-state index is 9.56. The second kappa shape index (κ2) is 5.27. The van der Waals surface area contributed by atoms with Gasteiger partial charge in [-0.15, -0.1) is 0 Å². The van der Waals surface area contributed by atoms with E-state index in [1.165, 1.54) is 0 Å². The van der Waals surface area contributed by atoms with Crippen LogP contribution in [0.5, 0.6) is 0 Å². The fourth-order valence-electron chi connectivity index (χ4n) is 0.900. The standard InChI is InChI=1S/C9H14O2S/c1-2-5-12-7-9(10)8-3-4-11-6-8/h3-4,6,9-10H,2,5,7H2,1H3. The third kappa shape index (κ3) is 2.91. The second-order valence-corrected chi connectivity index (χ2v) is 3.80. The van der Waals surface area contributed by atoms with Gasteiger partial charge in [0.15, 0.2) is 0 Å². The van der Waals surface area contributed by atoms with Crippen LogP contribution in [0.3, 0.4) is 0 Å². The molecule has 0 aliphatic heterocycles. The van der Waals surface area contributed by atoms with E-state index < -0.39 is 0 Å². The number of hydrogen-bond donors (Lipinski definition) is 1. The van der Waals surface area contributed by atoms with Gasteiger partial charge in [0, 0.05) is 11.3 Å². The van der Waals surface area contributed by atoms with Crippen LogP contribution in [0.2, 0.25) is 0 Å². The number of rotatable bonds is 5. The van der Waals surface area contributed by atoms with E-state index in [0.29, 0.717) is 0 Å². The minimum atomic E-state index is -0.375. The molecule has 1 aromatic heterocycles. The Morgan fingerprint density at radius 3 is 3.08 bits per heavy atom. The van der Waals surface area contributed by atoms with E-state index in [4.69, 9.17) is 4.42 Å². The van der Waals surface area contributed by atoms with Gasteiger partial charge >= 0.3 is 0 Å². The first-order chi connectivity index (χ1) is 5.84. The highest BCUT2D eigenvalue weighted by molar-refractivity contribution is 7.99. The van der Waals surface area contributed by atoms with Gasteiger partial charge in [0.05, 0.1) is 18.6 Å². The van der Waals surface area contributed by atoms with Gasteiger partial charge in [0.1, 0.15) is 0 Å². The van der Waals surface area contributed by atoms with Gasteiger partial charge in [0.25, 0.3) is 0 Å². The highest BCUT2D eigenvalue weighted by Crippen LogP contribution is 2.18. The minimum Gasteiger partial charge on any atom is -0.472 e. The van der Waals surface area contributed by atoms with E-state index in [2.05, 4.69) is 6.92 Å². The molecule has 0 saturated carbocycles. The Kier molecular flexibility index (Phi) is 4.25. The SMILES string of the molecule is CCCSCC(O)c1ccoc1. The van der Waals surface area contributed by atoms with E-state index in [1.54, 1.807) is 30.4 Å². The summed E-state index contributed by atoms with van der Waals surface area (Å²) in [7, 11) is 0. The third-order valence-corrected chi connectivity index (χ3v) is 2.80. The van der Waals surface area contributed by atoms with Crippen molar-refractivity contribution >= 4 is 11.8 Å². The molecule has 1 N–H and O–H groups in total. The number of hydrogen-bond acceptors (Lipinski definition) is 3. The van der Waals surface area contributed by atoms with Gasteiger partial charge in [-0.2, -0.15) is 11.8 Å². The number of aliphatic hydroxyl groups excluding tert-OH is 1. The average Bonchev–Trinajstić information content (AvgIpc) is 2.56. The highest BCUT2D eigenvalue weighted by atomic mass is 32.2. The molecule has 0 bridgehead atoms. The summed E-state index contributed by atoms with van der Waals surface area (Å²) < 4.78 is 4.87. The predicted octanol–water partition coefficient (Wildman–Crippen LogP) is 2.46. The van der Waals surface area contributed by atoms with Crippen molar-refractivity contribution in [3.05, 3.63) is 24.2 Å². The molecule has 0 aliphatic carbocycles. The Morgan fingerprint density at radius 2 is 2.50 bits per heavy atom. The van der Waals surface area contributed by atoms with Crippen molar-refractivity contribution in [3.8, 4) is 0 Å². The van der Waals surface area contributed by atoms with Gasteiger partial charge in [0.2, 0.25) is 0 Å². The molecule has 0 amide bonds. The molecule has 0 aliphatic rings. The molecule has 1 rings (SSSR count). The van der Waals surface area contributed by atoms with Gasteiger partial charge in [-0.25, -0.2) is 0 Å². The molecule has 12 heavy (non-hydrogen) atoms. The van der Waals surface area contributed by atoms with E-state index >= 15 is 0 Å². The molecular formula is C9H14O2S. The van der Waals surface area contributed by atoms with E-state index in [-0.39, 0.29) is 6.10 Å². The van der Waals surface area contributed by atoms with E-state index in [1.807, 2.05) is 0 Å². The lowest BCUT2D eigenvalue weighted by Crippen LogP contribution is -1.99. The molecule has 2 nitrogen and oxygen atoms in total. The smallest absolute Gasteiger partial charge is 0.0960 e. The summed E-state index contributed by atoms with van der Waals surface area (Å²) in [6.07, 6.45) is 3.96. The normalized spacial score (nSPS) is 13.2. The molecular weight excluding hydrogens is 172 g/mol. The van der Waals surface area contributed by atoms with Crippen LogP contribution in [0.25, 0.3) is 0 Å². The number of furan rings is 1. The van der Waals surface area contributed by atoms with E-state index in [9.17, 15) is 5.11 Å². The zero-order chi connectivity index (χ0) is 8.81. The van der Waals surface area contributed by atoms with Crippen LogP contribution in [0.15, 0.2) is 23.0 Å². The molecule has 0 aromatic carbocycles. The summed E-state index contributed by atoms with van der Waals surface area (Å²) >= 11 is 1.77. The lowest BCUT2D eigenvalue weighted by molar-refractivity contribution is 0.203. The van der Waals surface area contributed by atoms with Crippen molar-refractivity contribution in [2.24, 2.45) is 0 Å². The quantitative estimate of drug-likeness (QED) is 0.717. The lowest BCUT2D eigenvalue weighted by atomic mass is 10.2. The first-order valence-corrected chi connectivity index (χ1v) is 5.28. The van der Waals surface area contributed by atoms with Crippen LogP contribution in [0, 0.1) is 0 Å². The fraction of sp³-hybridized carbons (Fsp3) is 0.556. The third-order valence-electron chi connectivity index (χ3n) is 1.55. The van der Waals surface area contributed by atoms with Crippen molar-refractivity contribution < 1.29 is 9.52 Å². The maximum absolute atomic E-state index is 9.56. The first-order valence-electron chi connectivity index (χ1n) is 4.12. The Bertz CT molecular complexity index is 196. The average molecular weight is 186 g/mol. The van der Waals surface area contributed by atoms with Crippen molar-refractivity contribution in [1.29, 1.82) is 0 Å². The lowest BCUT2D eigenvalue weighted by Gasteiger charge is -2.06. The van der Waals surface area contributed by atoms with E-state index in [0.717, 1.165) is 23.5 Å². The summed E-state index contributed by atoms with van der Waals surface area (Å²) in [5, 5.41) is 9.56. The van der Waals surface area contributed by atoms with Crippen LogP contribution < -0.4 is 0 Å². The minimum absolute atomic E-state index is 0.375. The van der Waals surface area contributed by atoms with Crippen molar-refractivity contribution in [1.82, 2.24) is 0 Å². The Hall–Kier alpha value is -0.410. The predicted molar refractivity (Wildman–Crippen MR) is 51.3 cm³/mol. The first kappa shape index (κ1) is 9.68. The van der Waals surface area contributed by atoms with Gasteiger partial charge in [-0.05, 0) is 18.2 Å². The molecule has 1 unspecified atom stereocenters. The summed E-state index contributed by atoms with van der Waals surface area (Å²) in [4.78, 5) is 0. The monoisotopic (exact) mass is 186 g/mol. The zero-order valence-electron chi connectivity index (χ0n) is 7.19. The summed E-state index contributed by atoms with van der Waals surface area (Å²) in [5.41, 5.74) is 0.874. The molecule has 1 heterocycles. The van der Waals surface area contributed by atoms with Gasteiger partial charge in [-0.1, -0.05) is 6.92 Å². The van der Waals surface area contributed by atoms with Crippen LogP contribution in [0.4, 0.5) is 0 Å². The van der Waals surface area contributed by atoms with Crippen LogP contribution >= 0.6 is 11.8 Å². The fourth-order valence-corrected chi connectivity index (χ4v) is 1.77.